The highest BCUT2D eigenvalue weighted by Gasteiger charge is 2.69. The van der Waals surface area contributed by atoms with Crippen LogP contribution >= 0.6 is 0 Å². The lowest BCUT2D eigenvalue weighted by Crippen LogP contribution is -2.55. The van der Waals surface area contributed by atoms with E-state index in [1.54, 1.807) is 19.3 Å². The van der Waals surface area contributed by atoms with Gasteiger partial charge in [0, 0.05) is 0 Å². The molecule has 0 amide bonds. The van der Waals surface area contributed by atoms with E-state index in [-0.39, 0.29) is 0 Å². The lowest BCUT2D eigenvalue weighted by atomic mass is 9.45. The van der Waals surface area contributed by atoms with Crippen molar-refractivity contribution in [2.75, 3.05) is 0 Å². The van der Waals surface area contributed by atoms with Gasteiger partial charge in [0.05, 0.1) is 0 Å². The van der Waals surface area contributed by atoms with Crippen molar-refractivity contribution in [3.8, 4) is 0 Å². The van der Waals surface area contributed by atoms with Crippen molar-refractivity contribution in [1.29, 1.82) is 0 Å². The van der Waals surface area contributed by atoms with Gasteiger partial charge < -0.3 is 0 Å². The Kier molecular flexibility index (Phi) is 1.17. The van der Waals surface area contributed by atoms with Gasteiger partial charge in [0.25, 0.3) is 0 Å². The molecule has 4 fully saturated rings. The molecular weight excluding hydrogens is 180 g/mol. The van der Waals surface area contributed by atoms with Gasteiger partial charge in [-0.2, -0.15) is 0 Å². The molecular formula is C15H20. The molecule has 0 heterocycles. The van der Waals surface area contributed by atoms with Crippen LogP contribution in [0, 0.1) is 53.3 Å². The van der Waals surface area contributed by atoms with Gasteiger partial charge in [0.2, 0.25) is 0 Å². The van der Waals surface area contributed by atoms with Crippen LogP contribution in [0.25, 0.3) is 0 Å². The minimum atomic E-state index is 1.05. The van der Waals surface area contributed by atoms with Crippen LogP contribution in [-0.2, 0) is 0 Å². The van der Waals surface area contributed by atoms with Crippen molar-refractivity contribution in [1.82, 2.24) is 0 Å². The monoisotopic (exact) mass is 200 g/mol. The summed E-state index contributed by atoms with van der Waals surface area (Å²) in [6.45, 7) is 2.53. The van der Waals surface area contributed by atoms with Gasteiger partial charge in [0.1, 0.15) is 0 Å². The molecule has 15 heavy (non-hydrogen) atoms. The van der Waals surface area contributed by atoms with Gasteiger partial charge in [0.15, 0.2) is 0 Å². The van der Waals surface area contributed by atoms with Crippen molar-refractivity contribution < 1.29 is 0 Å². The molecule has 0 aromatic heterocycles. The molecule has 0 nitrogen and oxygen atoms in total. The van der Waals surface area contributed by atoms with E-state index in [0.29, 0.717) is 0 Å². The maximum Gasteiger partial charge on any atom is -0.0133 e. The number of rotatable bonds is 0. The van der Waals surface area contributed by atoms with E-state index in [9.17, 15) is 0 Å². The molecule has 4 saturated carbocycles. The molecule has 0 aliphatic heterocycles. The Balaban J connectivity index is 1.58. The van der Waals surface area contributed by atoms with E-state index in [2.05, 4.69) is 19.1 Å². The van der Waals surface area contributed by atoms with E-state index >= 15 is 0 Å². The first-order chi connectivity index (χ1) is 7.36. The fourth-order valence-corrected chi connectivity index (χ4v) is 6.65. The van der Waals surface area contributed by atoms with E-state index in [4.69, 9.17) is 0 Å². The summed E-state index contributed by atoms with van der Waals surface area (Å²) < 4.78 is 0. The van der Waals surface area contributed by atoms with Crippen LogP contribution in [0.15, 0.2) is 12.2 Å². The Morgan fingerprint density at radius 1 is 0.800 bits per heavy atom. The SMILES string of the molecule is CC1CCC2C3CC(C12)C1C2C=CC2C31. The molecule has 9 unspecified atom stereocenters. The zero-order chi connectivity index (χ0) is 9.73. The lowest BCUT2D eigenvalue weighted by Gasteiger charge is -2.59. The molecule has 2 bridgehead atoms. The number of hydrogen-bond acceptors (Lipinski definition) is 0. The number of fused-ring (bicyclic) bond motifs is 11. The molecule has 0 heteroatoms. The molecule has 80 valence electrons. The second kappa shape index (κ2) is 2.21. The summed E-state index contributed by atoms with van der Waals surface area (Å²) in [5.41, 5.74) is 0. The second-order valence-corrected chi connectivity index (χ2v) is 7.05. The van der Waals surface area contributed by atoms with Gasteiger partial charge in [-0.25, -0.2) is 0 Å². The molecule has 0 N–H and O–H groups in total. The van der Waals surface area contributed by atoms with Crippen LogP contribution in [0.4, 0.5) is 0 Å². The van der Waals surface area contributed by atoms with Crippen LogP contribution in [0.5, 0.6) is 0 Å². The predicted octanol–water partition coefficient (Wildman–Crippen LogP) is 3.35. The van der Waals surface area contributed by atoms with Crippen molar-refractivity contribution in [3.05, 3.63) is 12.2 Å². The molecule has 0 radical (unpaired) electrons. The standard InChI is InChI=1S/C15H20/c1-7-2-3-10-11-6-12(13(7)10)15-9-5-4-8(9)14(11)15/h4-5,7-15H,2-3,6H2,1H3. The summed E-state index contributed by atoms with van der Waals surface area (Å²) in [5.74, 6) is 10.2. The summed E-state index contributed by atoms with van der Waals surface area (Å²) in [4.78, 5) is 0. The molecule has 0 saturated heterocycles. The fourth-order valence-electron chi connectivity index (χ4n) is 6.65. The van der Waals surface area contributed by atoms with Gasteiger partial charge in [-0.3, -0.25) is 0 Å². The van der Waals surface area contributed by atoms with Crippen LogP contribution in [0.3, 0.4) is 0 Å². The maximum atomic E-state index is 2.53. The highest BCUT2D eigenvalue weighted by atomic mass is 14.7. The highest BCUT2D eigenvalue weighted by Crippen LogP contribution is 2.75. The van der Waals surface area contributed by atoms with Crippen molar-refractivity contribution in [2.24, 2.45) is 53.3 Å². The molecule has 9 atom stereocenters. The van der Waals surface area contributed by atoms with Crippen molar-refractivity contribution in [3.63, 3.8) is 0 Å². The Morgan fingerprint density at radius 2 is 1.53 bits per heavy atom. The third kappa shape index (κ3) is 0.656. The van der Waals surface area contributed by atoms with Gasteiger partial charge in [-0.1, -0.05) is 25.5 Å². The summed E-state index contributed by atoms with van der Waals surface area (Å²) in [6, 6.07) is 0. The minimum absolute atomic E-state index is 1.05. The Labute approximate surface area is 92.1 Å². The van der Waals surface area contributed by atoms with Gasteiger partial charge in [-0.05, 0) is 66.1 Å². The molecule has 0 aromatic carbocycles. The van der Waals surface area contributed by atoms with E-state index in [1.165, 1.54) is 11.8 Å². The summed E-state index contributed by atoms with van der Waals surface area (Å²) in [6.07, 6.45) is 9.81. The third-order valence-corrected chi connectivity index (χ3v) is 7.02. The lowest BCUT2D eigenvalue weighted by molar-refractivity contribution is -0.0687. The average Bonchev–Trinajstić information content (AvgIpc) is 2.78. The Bertz CT molecular complexity index is 355. The van der Waals surface area contributed by atoms with Crippen LogP contribution in [0.2, 0.25) is 0 Å². The zero-order valence-corrected chi connectivity index (χ0v) is 9.47. The third-order valence-electron chi connectivity index (χ3n) is 7.02. The number of allylic oxidation sites excluding steroid dienone is 2. The van der Waals surface area contributed by atoms with Crippen LogP contribution in [0.1, 0.15) is 26.2 Å². The first kappa shape index (κ1) is 7.92. The van der Waals surface area contributed by atoms with Crippen LogP contribution < -0.4 is 0 Å². The van der Waals surface area contributed by atoms with Gasteiger partial charge in [-0.15, -0.1) is 0 Å². The molecule has 5 aliphatic rings. The van der Waals surface area contributed by atoms with Crippen LogP contribution in [-0.4, -0.2) is 0 Å². The smallest absolute Gasteiger partial charge is 0.0133 e. The summed E-state index contributed by atoms with van der Waals surface area (Å²) in [5, 5.41) is 0. The minimum Gasteiger partial charge on any atom is -0.0842 e. The highest BCUT2D eigenvalue weighted by molar-refractivity contribution is 5.29. The zero-order valence-electron chi connectivity index (χ0n) is 9.47. The first-order valence-electron chi connectivity index (χ1n) is 7.04. The van der Waals surface area contributed by atoms with Crippen molar-refractivity contribution >= 4 is 0 Å². The first-order valence-corrected chi connectivity index (χ1v) is 7.04. The fraction of sp³-hybridized carbons (Fsp3) is 0.867. The Morgan fingerprint density at radius 3 is 2.27 bits per heavy atom. The molecule has 0 aromatic rings. The maximum absolute atomic E-state index is 2.53. The predicted molar refractivity (Wildman–Crippen MR) is 60.1 cm³/mol. The number of hydrogen-bond donors (Lipinski definition) is 0. The van der Waals surface area contributed by atoms with Crippen molar-refractivity contribution in [2.45, 2.75) is 26.2 Å². The largest absolute Gasteiger partial charge is 0.0842 e. The summed E-state index contributed by atoms with van der Waals surface area (Å²) in [7, 11) is 0. The molecule has 5 aliphatic carbocycles. The van der Waals surface area contributed by atoms with E-state index < -0.39 is 0 Å². The summed E-state index contributed by atoms with van der Waals surface area (Å²) >= 11 is 0. The normalized spacial score (nSPS) is 71.9. The second-order valence-electron chi connectivity index (χ2n) is 7.05. The van der Waals surface area contributed by atoms with E-state index in [1.807, 2.05) is 0 Å². The Hall–Kier alpha value is -0.260. The quantitative estimate of drug-likeness (QED) is 0.415. The van der Waals surface area contributed by atoms with Gasteiger partial charge >= 0.3 is 0 Å². The average molecular weight is 200 g/mol. The topological polar surface area (TPSA) is 0 Å². The molecule has 5 rings (SSSR count). The van der Waals surface area contributed by atoms with E-state index in [0.717, 1.165) is 41.4 Å². The molecule has 0 spiro atoms.